The highest BCUT2D eigenvalue weighted by Gasteiger charge is 2.34. The second kappa shape index (κ2) is 7.99. The summed E-state index contributed by atoms with van der Waals surface area (Å²) in [5.74, 6) is -1.45. The zero-order valence-electron chi connectivity index (χ0n) is 12.6. The number of amides is 1. The smallest absolute Gasteiger partial charge is 0.314 e. The van der Waals surface area contributed by atoms with Crippen LogP contribution in [0.15, 0.2) is 42.5 Å². The number of nitrogens with zero attached hydrogens (tertiary/aromatic N) is 1. The Morgan fingerprint density at radius 1 is 1.36 bits per heavy atom. The number of ether oxygens (including phenoxy) is 1. The van der Waals surface area contributed by atoms with E-state index in [4.69, 9.17) is 16.3 Å². The van der Waals surface area contributed by atoms with Gasteiger partial charge in [-0.1, -0.05) is 42.5 Å². The molecule has 0 saturated heterocycles. The second-order valence-electron chi connectivity index (χ2n) is 5.27. The zero-order chi connectivity index (χ0) is 15.9. The lowest BCUT2D eigenvalue weighted by atomic mass is 10.0. The van der Waals surface area contributed by atoms with Gasteiger partial charge in [-0.15, -0.1) is 11.6 Å². The molecular weight excluding hydrogens is 302 g/mol. The minimum Gasteiger partial charge on any atom is -0.469 e. The summed E-state index contributed by atoms with van der Waals surface area (Å²) in [4.78, 5) is 26.2. The molecule has 5 heteroatoms. The largest absolute Gasteiger partial charge is 0.469 e. The maximum absolute atomic E-state index is 12.6. The molecular formula is C17H20ClNO3. The van der Waals surface area contributed by atoms with Crippen LogP contribution in [-0.4, -0.2) is 35.8 Å². The third-order valence-corrected chi connectivity index (χ3v) is 4.15. The van der Waals surface area contributed by atoms with Crippen molar-refractivity contribution in [1.29, 1.82) is 0 Å². The minimum atomic E-state index is -0.939. The van der Waals surface area contributed by atoms with Crippen molar-refractivity contribution in [1.82, 2.24) is 4.90 Å². The fraction of sp³-hybridized carbons (Fsp3) is 0.412. The van der Waals surface area contributed by atoms with Gasteiger partial charge in [0.1, 0.15) is 11.3 Å². The Labute approximate surface area is 135 Å². The Balaban J connectivity index is 2.18. The average molecular weight is 322 g/mol. The maximum Gasteiger partial charge on any atom is 0.314 e. The van der Waals surface area contributed by atoms with Crippen molar-refractivity contribution >= 4 is 23.5 Å². The first-order valence-corrected chi connectivity index (χ1v) is 7.78. The standard InChI is InChI=1S/C17H20ClNO3/c1-22-17(21)14-10-6-3-7-11-19(16(20)15(14)18)12-13-8-4-2-5-9-13/h2,4-6,8-10,14-15H,3,7,11-12H2,1H3/b10-6+/t14-,15+/m1/s1. The van der Waals surface area contributed by atoms with Gasteiger partial charge in [0.25, 0.3) is 0 Å². The Morgan fingerprint density at radius 2 is 2.09 bits per heavy atom. The molecule has 1 aliphatic rings. The van der Waals surface area contributed by atoms with Gasteiger partial charge < -0.3 is 9.64 Å². The Bertz CT molecular complexity index is 544. The summed E-state index contributed by atoms with van der Waals surface area (Å²) in [7, 11) is 1.30. The SMILES string of the molecule is COC(=O)[C@@H]1/C=C/CCCN(Cc2ccccc2)C(=O)[C@H]1Cl. The molecule has 0 radical (unpaired) electrons. The number of hydrogen-bond donors (Lipinski definition) is 0. The third-order valence-electron chi connectivity index (χ3n) is 3.69. The van der Waals surface area contributed by atoms with Gasteiger partial charge in [0.2, 0.25) is 5.91 Å². The first kappa shape index (κ1) is 16.6. The van der Waals surface area contributed by atoms with Crippen molar-refractivity contribution in [3.63, 3.8) is 0 Å². The normalized spacial score (nSPS) is 24.1. The van der Waals surface area contributed by atoms with Gasteiger partial charge in [-0.05, 0) is 18.4 Å². The van der Waals surface area contributed by atoms with Crippen LogP contribution in [0.2, 0.25) is 0 Å². The van der Waals surface area contributed by atoms with Gasteiger partial charge in [-0.2, -0.15) is 0 Å². The van der Waals surface area contributed by atoms with Gasteiger partial charge in [-0.25, -0.2) is 0 Å². The predicted molar refractivity (Wildman–Crippen MR) is 85.4 cm³/mol. The van der Waals surface area contributed by atoms with Gasteiger partial charge >= 0.3 is 5.97 Å². The molecule has 4 nitrogen and oxygen atoms in total. The van der Waals surface area contributed by atoms with Crippen LogP contribution in [0.1, 0.15) is 18.4 Å². The van der Waals surface area contributed by atoms with E-state index in [0.29, 0.717) is 13.1 Å². The van der Waals surface area contributed by atoms with E-state index >= 15 is 0 Å². The molecule has 22 heavy (non-hydrogen) atoms. The average Bonchev–Trinajstić information content (AvgIpc) is 2.61. The van der Waals surface area contributed by atoms with Crippen LogP contribution in [0, 0.1) is 5.92 Å². The fourth-order valence-electron chi connectivity index (χ4n) is 2.47. The predicted octanol–water partition coefficient (Wildman–Crippen LogP) is 2.76. The lowest BCUT2D eigenvalue weighted by Gasteiger charge is -2.26. The summed E-state index contributed by atoms with van der Waals surface area (Å²) in [5, 5.41) is -0.939. The summed E-state index contributed by atoms with van der Waals surface area (Å²) < 4.78 is 4.75. The lowest BCUT2D eigenvalue weighted by Crippen LogP contribution is -2.41. The van der Waals surface area contributed by atoms with Gasteiger partial charge in [0.05, 0.1) is 7.11 Å². The Morgan fingerprint density at radius 3 is 2.77 bits per heavy atom. The van der Waals surface area contributed by atoms with E-state index in [-0.39, 0.29) is 5.91 Å². The van der Waals surface area contributed by atoms with E-state index in [9.17, 15) is 9.59 Å². The molecule has 2 rings (SSSR count). The van der Waals surface area contributed by atoms with Crippen LogP contribution < -0.4 is 0 Å². The molecule has 1 aromatic rings. The Kier molecular flexibility index (Phi) is 6.01. The van der Waals surface area contributed by atoms with Crippen LogP contribution in [-0.2, 0) is 20.9 Å². The van der Waals surface area contributed by atoms with Gasteiger partial charge in [0, 0.05) is 13.1 Å². The van der Waals surface area contributed by atoms with Crippen LogP contribution in [0.3, 0.4) is 0 Å². The molecule has 0 spiro atoms. The van der Waals surface area contributed by atoms with Crippen molar-refractivity contribution in [3.8, 4) is 0 Å². The first-order valence-electron chi connectivity index (χ1n) is 7.34. The Hall–Kier alpha value is -1.81. The lowest BCUT2D eigenvalue weighted by molar-refractivity contribution is -0.146. The van der Waals surface area contributed by atoms with E-state index in [0.717, 1.165) is 18.4 Å². The van der Waals surface area contributed by atoms with Gasteiger partial charge in [-0.3, -0.25) is 9.59 Å². The van der Waals surface area contributed by atoms with Crippen LogP contribution >= 0.6 is 11.6 Å². The van der Waals surface area contributed by atoms with E-state index in [1.807, 2.05) is 36.4 Å². The molecule has 0 N–H and O–H groups in total. The van der Waals surface area contributed by atoms with Gasteiger partial charge in [0.15, 0.2) is 0 Å². The summed E-state index contributed by atoms with van der Waals surface area (Å²) in [6.45, 7) is 1.12. The first-order chi connectivity index (χ1) is 10.6. The molecule has 118 valence electrons. The maximum atomic E-state index is 12.6. The van der Waals surface area contributed by atoms with E-state index in [2.05, 4.69) is 0 Å². The number of hydrogen-bond acceptors (Lipinski definition) is 3. The molecule has 0 fully saturated rings. The monoisotopic (exact) mass is 321 g/mol. The highest BCUT2D eigenvalue weighted by atomic mass is 35.5. The molecule has 2 atom stereocenters. The number of carbonyl (C=O) groups excluding carboxylic acids is 2. The summed E-state index contributed by atoms with van der Waals surface area (Å²) in [6, 6.07) is 9.75. The van der Waals surface area contributed by atoms with E-state index < -0.39 is 17.3 Å². The minimum absolute atomic E-state index is 0.229. The molecule has 1 heterocycles. The third kappa shape index (κ3) is 4.10. The number of rotatable bonds is 3. The summed E-state index contributed by atoms with van der Waals surface area (Å²) in [6.07, 6.45) is 5.23. The molecule has 0 aromatic heterocycles. The molecule has 0 saturated carbocycles. The second-order valence-corrected chi connectivity index (χ2v) is 5.74. The molecule has 0 bridgehead atoms. The highest BCUT2D eigenvalue weighted by molar-refractivity contribution is 6.32. The van der Waals surface area contributed by atoms with Crippen LogP contribution in [0.25, 0.3) is 0 Å². The van der Waals surface area contributed by atoms with Crippen molar-refractivity contribution in [2.24, 2.45) is 5.92 Å². The quantitative estimate of drug-likeness (QED) is 0.488. The molecule has 1 aliphatic heterocycles. The van der Waals surface area contributed by atoms with Crippen LogP contribution in [0.5, 0.6) is 0 Å². The van der Waals surface area contributed by atoms with E-state index in [1.54, 1.807) is 11.0 Å². The number of carbonyl (C=O) groups is 2. The van der Waals surface area contributed by atoms with Crippen molar-refractivity contribution in [3.05, 3.63) is 48.0 Å². The zero-order valence-corrected chi connectivity index (χ0v) is 13.3. The van der Waals surface area contributed by atoms with Crippen molar-refractivity contribution in [2.45, 2.75) is 24.8 Å². The molecule has 1 aromatic carbocycles. The molecule has 0 aliphatic carbocycles. The number of halogens is 1. The highest BCUT2D eigenvalue weighted by Crippen LogP contribution is 2.21. The number of esters is 1. The summed E-state index contributed by atoms with van der Waals surface area (Å²) >= 11 is 6.27. The number of methoxy groups -OCH3 is 1. The summed E-state index contributed by atoms with van der Waals surface area (Å²) in [5.41, 5.74) is 1.04. The number of allylic oxidation sites excluding steroid dienone is 1. The topological polar surface area (TPSA) is 46.6 Å². The molecule has 0 unspecified atom stereocenters. The number of alkyl halides is 1. The van der Waals surface area contributed by atoms with Crippen molar-refractivity contribution < 1.29 is 14.3 Å². The molecule has 1 amide bonds. The van der Waals surface area contributed by atoms with Crippen molar-refractivity contribution in [2.75, 3.05) is 13.7 Å². The fourth-order valence-corrected chi connectivity index (χ4v) is 2.80. The van der Waals surface area contributed by atoms with E-state index in [1.165, 1.54) is 7.11 Å². The van der Waals surface area contributed by atoms with Crippen LogP contribution in [0.4, 0.5) is 0 Å². The number of benzene rings is 1.